The van der Waals surface area contributed by atoms with Crippen molar-refractivity contribution in [3.8, 4) is 0 Å². The van der Waals surface area contributed by atoms with Gasteiger partial charge in [0.05, 0.1) is 0 Å². The lowest BCUT2D eigenvalue weighted by Gasteiger charge is -2.29. The van der Waals surface area contributed by atoms with Crippen molar-refractivity contribution in [1.29, 1.82) is 0 Å². The fourth-order valence-corrected chi connectivity index (χ4v) is 2.82. The summed E-state index contributed by atoms with van der Waals surface area (Å²) in [6, 6.07) is 0.870. The van der Waals surface area contributed by atoms with Gasteiger partial charge in [-0.3, -0.25) is 4.90 Å². The number of nitrogens with one attached hydrogen (secondary N) is 1. The quantitative estimate of drug-likeness (QED) is 0.615. The van der Waals surface area contributed by atoms with Crippen molar-refractivity contribution in [2.24, 2.45) is 5.92 Å². The molecule has 114 valence electrons. The van der Waals surface area contributed by atoms with E-state index in [1.807, 2.05) is 0 Å². The number of likely N-dealkylation sites (N-methyl/N-ethyl adjacent to an activating group) is 1. The van der Waals surface area contributed by atoms with E-state index in [4.69, 9.17) is 0 Å². The molecule has 1 aliphatic rings. The van der Waals surface area contributed by atoms with Crippen molar-refractivity contribution in [2.75, 3.05) is 46.8 Å². The van der Waals surface area contributed by atoms with E-state index >= 15 is 0 Å². The summed E-state index contributed by atoms with van der Waals surface area (Å²) in [4.78, 5) is 4.98. The molecule has 1 aliphatic carbocycles. The van der Waals surface area contributed by atoms with Crippen molar-refractivity contribution < 1.29 is 0 Å². The molecule has 1 rings (SSSR count). The minimum absolute atomic E-state index is 0.825. The minimum atomic E-state index is 0.825. The van der Waals surface area contributed by atoms with Gasteiger partial charge in [-0.1, -0.05) is 26.7 Å². The van der Waals surface area contributed by atoms with Crippen LogP contribution in [-0.4, -0.2) is 62.7 Å². The maximum atomic E-state index is 3.57. The van der Waals surface area contributed by atoms with Crippen molar-refractivity contribution in [1.82, 2.24) is 15.1 Å². The number of hydrogen-bond acceptors (Lipinski definition) is 3. The lowest BCUT2D eigenvalue weighted by molar-refractivity contribution is 0.188. The molecule has 0 aliphatic heterocycles. The average Bonchev–Trinajstić information content (AvgIpc) is 2.85. The van der Waals surface area contributed by atoms with Crippen LogP contribution in [0.5, 0.6) is 0 Å². The van der Waals surface area contributed by atoms with Crippen LogP contribution in [0.3, 0.4) is 0 Å². The van der Waals surface area contributed by atoms with E-state index in [9.17, 15) is 0 Å². The van der Waals surface area contributed by atoms with Crippen LogP contribution in [0.2, 0.25) is 0 Å². The van der Waals surface area contributed by atoms with E-state index in [2.05, 4.69) is 43.1 Å². The topological polar surface area (TPSA) is 18.5 Å². The normalized spacial score (nSPS) is 17.2. The molecule has 0 amide bonds. The van der Waals surface area contributed by atoms with Gasteiger partial charge in [0.1, 0.15) is 0 Å². The van der Waals surface area contributed by atoms with Gasteiger partial charge in [0.25, 0.3) is 0 Å². The number of nitrogens with zero attached hydrogens (tertiary/aromatic N) is 2. The predicted octanol–water partition coefficient (Wildman–Crippen LogP) is 2.43. The van der Waals surface area contributed by atoms with Crippen molar-refractivity contribution in [2.45, 2.75) is 52.0 Å². The average molecular weight is 269 g/mol. The third-order valence-corrected chi connectivity index (χ3v) is 4.15. The molecule has 0 aromatic rings. The van der Waals surface area contributed by atoms with Gasteiger partial charge in [0.2, 0.25) is 0 Å². The van der Waals surface area contributed by atoms with Gasteiger partial charge in [0.15, 0.2) is 0 Å². The summed E-state index contributed by atoms with van der Waals surface area (Å²) in [5.74, 6) is 0.825. The molecule has 0 aromatic carbocycles. The molecule has 19 heavy (non-hydrogen) atoms. The summed E-state index contributed by atoms with van der Waals surface area (Å²) in [5, 5.41) is 3.57. The van der Waals surface area contributed by atoms with Crippen LogP contribution in [0.4, 0.5) is 0 Å². The van der Waals surface area contributed by atoms with Crippen LogP contribution in [0.15, 0.2) is 0 Å². The highest BCUT2D eigenvalue weighted by molar-refractivity contribution is 4.78. The molecular formula is C16H35N3. The van der Waals surface area contributed by atoms with Gasteiger partial charge in [-0.25, -0.2) is 0 Å². The highest BCUT2D eigenvalue weighted by Gasteiger charge is 2.21. The van der Waals surface area contributed by atoms with Crippen LogP contribution in [0.1, 0.15) is 46.0 Å². The molecule has 0 spiro atoms. The molecule has 0 saturated heterocycles. The summed E-state index contributed by atoms with van der Waals surface area (Å²) in [5.41, 5.74) is 0. The fraction of sp³-hybridized carbons (Fsp3) is 1.00. The van der Waals surface area contributed by atoms with E-state index in [-0.39, 0.29) is 0 Å². The van der Waals surface area contributed by atoms with Crippen LogP contribution >= 0.6 is 0 Å². The Hall–Kier alpha value is -0.120. The number of rotatable bonds is 10. The highest BCUT2D eigenvalue weighted by Crippen LogP contribution is 2.23. The van der Waals surface area contributed by atoms with Crippen molar-refractivity contribution in [3.63, 3.8) is 0 Å². The second-order valence-electron chi connectivity index (χ2n) is 6.71. The molecule has 1 saturated carbocycles. The van der Waals surface area contributed by atoms with Crippen LogP contribution < -0.4 is 5.32 Å². The van der Waals surface area contributed by atoms with E-state index in [0.717, 1.165) is 31.6 Å². The fourth-order valence-electron chi connectivity index (χ4n) is 2.82. The highest BCUT2D eigenvalue weighted by atomic mass is 15.2. The predicted molar refractivity (Wildman–Crippen MR) is 84.7 cm³/mol. The van der Waals surface area contributed by atoms with E-state index in [1.165, 1.54) is 45.2 Å². The molecule has 0 heterocycles. The molecule has 3 heteroatoms. The zero-order valence-electron chi connectivity index (χ0n) is 13.6. The monoisotopic (exact) mass is 269 g/mol. The standard InChI is InChI=1S/C16H35N3/c1-15(2)9-12-19(16-7-5-6-8-16)14-11-17-10-13-18(3)4/h15-17H,5-14H2,1-4H3. The molecule has 0 atom stereocenters. The summed E-state index contributed by atoms with van der Waals surface area (Å²) in [7, 11) is 4.27. The first-order chi connectivity index (χ1) is 9.09. The summed E-state index contributed by atoms with van der Waals surface area (Å²) >= 11 is 0. The summed E-state index contributed by atoms with van der Waals surface area (Å²) in [6.07, 6.45) is 7.08. The molecule has 0 radical (unpaired) electrons. The zero-order chi connectivity index (χ0) is 14.1. The Morgan fingerprint density at radius 1 is 1.00 bits per heavy atom. The van der Waals surface area contributed by atoms with E-state index in [1.54, 1.807) is 0 Å². The lowest BCUT2D eigenvalue weighted by atomic mass is 10.1. The van der Waals surface area contributed by atoms with Gasteiger partial charge in [-0.15, -0.1) is 0 Å². The number of hydrogen-bond donors (Lipinski definition) is 1. The molecule has 3 nitrogen and oxygen atoms in total. The zero-order valence-corrected chi connectivity index (χ0v) is 13.6. The van der Waals surface area contributed by atoms with Gasteiger partial charge in [-0.2, -0.15) is 0 Å². The SMILES string of the molecule is CC(C)CCN(CCNCCN(C)C)C1CCCC1. The molecular weight excluding hydrogens is 234 g/mol. The summed E-state index contributed by atoms with van der Waals surface area (Å²) < 4.78 is 0. The first-order valence-electron chi connectivity index (χ1n) is 8.19. The van der Waals surface area contributed by atoms with E-state index in [0.29, 0.717) is 0 Å². The van der Waals surface area contributed by atoms with Gasteiger partial charge in [0, 0.05) is 32.2 Å². The van der Waals surface area contributed by atoms with Gasteiger partial charge < -0.3 is 10.2 Å². The Morgan fingerprint density at radius 2 is 1.63 bits per heavy atom. The Morgan fingerprint density at radius 3 is 2.21 bits per heavy atom. The molecule has 0 aromatic heterocycles. The lowest BCUT2D eigenvalue weighted by Crippen LogP contribution is -2.40. The Bertz CT molecular complexity index is 210. The van der Waals surface area contributed by atoms with Crippen LogP contribution in [-0.2, 0) is 0 Å². The molecule has 0 unspecified atom stereocenters. The second kappa shape index (κ2) is 9.73. The van der Waals surface area contributed by atoms with Crippen LogP contribution in [0, 0.1) is 5.92 Å². The minimum Gasteiger partial charge on any atom is -0.314 e. The van der Waals surface area contributed by atoms with Gasteiger partial charge >= 0.3 is 0 Å². The first-order valence-corrected chi connectivity index (χ1v) is 8.19. The molecule has 0 bridgehead atoms. The Labute approximate surface area is 120 Å². The Kier molecular flexibility index (Phi) is 8.67. The van der Waals surface area contributed by atoms with E-state index < -0.39 is 0 Å². The van der Waals surface area contributed by atoms with Crippen LogP contribution in [0.25, 0.3) is 0 Å². The molecule has 1 N–H and O–H groups in total. The van der Waals surface area contributed by atoms with Crippen molar-refractivity contribution in [3.05, 3.63) is 0 Å². The summed E-state index contributed by atoms with van der Waals surface area (Å²) in [6.45, 7) is 10.6. The smallest absolute Gasteiger partial charge is 0.0110 e. The third kappa shape index (κ3) is 7.91. The van der Waals surface area contributed by atoms with Crippen molar-refractivity contribution >= 4 is 0 Å². The van der Waals surface area contributed by atoms with Gasteiger partial charge in [-0.05, 0) is 45.8 Å². The maximum Gasteiger partial charge on any atom is 0.0110 e. The third-order valence-electron chi connectivity index (χ3n) is 4.15. The molecule has 1 fully saturated rings. The maximum absolute atomic E-state index is 3.57. The first kappa shape index (κ1) is 16.9. The largest absolute Gasteiger partial charge is 0.314 e. The second-order valence-corrected chi connectivity index (χ2v) is 6.71. The Balaban J connectivity index is 2.20.